The van der Waals surface area contributed by atoms with E-state index in [2.05, 4.69) is 169 Å². The first-order valence-electron chi connectivity index (χ1n) is 60.0. The number of benzene rings is 3. The Morgan fingerprint density at radius 3 is 0.980 bits per heavy atom. The summed E-state index contributed by atoms with van der Waals surface area (Å²) in [5.74, 6) is 4.82. The topological polar surface area (TPSA) is 237 Å². The maximum atomic E-state index is 13.8. The van der Waals surface area contributed by atoms with E-state index in [4.69, 9.17) is 52.1 Å². The second kappa shape index (κ2) is 73.5. The zero-order valence-electron chi connectivity index (χ0n) is 97.4. The number of hydrogen-bond donors (Lipinski definition) is 3. The van der Waals surface area contributed by atoms with Gasteiger partial charge < -0.3 is 67.4 Å². The van der Waals surface area contributed by atoms with Gasteiger partial charge in [-0.25, -0.2) is 0 Å². The van der Waals surface area contributed by atoms with E-state index >= 15 is 0 Å². The Morgan fingerprint density at radius 2 is 0.660 bits per heavy atom. The third-order valence-electron chi connectivity index (χ3n) is 33.1. The molecule has 3 aromatic carbocycles. The lowest BCUT2D eigenvalue weighted by atomic mass is 9.75. The van der Waals surface area contributed by atoms with Crippen LogP contribution < -0.4 is 9.47 Å². The Hall–Kier alpha value is -4.94. The summed E-state index contributed by atoms with van der Waals surface area (Å²) in [6.45, 7) is 44.7. The Labute approximate surface area is 897 Å². The van der Waals surface area contributed by atoms with Crippen molar-refractivity contribution in [3.63, 3.8) is 0 Å². The van der Waals surface area contributed by atoms with Gasteiger partial charge in [0.25, 0.3) is 0 Å². The van der Waals surface area contributed by atoms with Gasteiger partial charge in [-0.1, -0.05) is 340 Å². The molecule has 3 N–H and O–H groups in total. The molecule has 0 amide bonds. The van der Waals surface area contributed by atoms with Gasteiger partial charge >= 0.3 is 11.9 Å². The zero-order chi connectivity index (χ0) is 107. The number of rotatable bonds is 81. The molecule has 4 saturated heterocycles. The van der Waals surface area contributed by atoms with Crippen molar-refractivity contribution in [1.82, 2.24) is 9.80 Å². The third-order valence-corrected chi connectivity index (χ3v) is 33.1. The van der Waals surface area contributed by atoms with E-state index in [1.54, 1.807) is 14.2 Å². The molecule has 0 aromatic heterocycles. The van der Waals surface area contributed by atoms with E-state index in [1.807, 2.05) is 30.3 Å². The molecular weight excluding hydrogens is 1840 g/mol. The van der Waals surface area contributed by atoms with Gasteiger partial charge in [0.05, 0.1) is 114 Å². The van der Waals surface area contributed by atoms with Crippen LogP contribution in [-0.2, 0) is 67.4 Å². The van der Waals surface area contributed by atoms with Crippen LogP contribution in [0, 0.1) is 46.3 Å². The number of ether oxygens (including phenoxy) is 11. The Balaban J connectivity index is 0.000000473. The summed E-state index contributed by atoms with van der Waals surface area (Å²) in [4.78, 5) is 54.8. The standard InChI is InChI=1S/C74H119NO10.C53H101NO8/c1-57(2)82-55-73(56-84-72(7,8)9,48-34-27-23-19-15-13-12-14-18-22-26-33-39-70-59(4)58(3)60(5)71(85-70)54-81-61(6)76)51-66(77)38-32-25-21-17-16-20-24-28-35-49-75-52-67(78)50-65(75)53-83-74(62-36-30-29-31-37-62,63-40-44-68(79-10)45-41-63)64-42-46-69(80-11)47-43-64;1-42(2)60-40-53(41-61-52(7,8)9,36-48(57)31-27-23-19-15-14-18-22-26-30-34-54-37-49(58)35-47(54)38-55)33-29-25-21-17-13-11-10-12-16-20-24-28-32-50-44(4)43(3)45(5)51(62-50)39-59-46(6)56/h29-31,36-37,40-47,57-60,65,67,70-71,78H,12-28,32-35,38-39,48-56H2,1-11H3;42-45,47,49-51,55,58H,10-41H2,1-9H3/t58?,59?,60?,65-,67+,70?,71?,73?;43?,44?,45?,47-,49+,50?,51?,53?/m00/s1. The molecule has 147 heavy (non-hydrogen) atoms. The number of esters is 2. The van der Waals surface area contributed by atoms with Gasteiger partial charge in [0.1, 0.15) is 41.9 Å². The normalized spacial score (nSPS) is 22.5. The lowest BCUT2D eigenvalue weighted by Crippen LogP contribution is -2.46. The second-order valence-electron chi connectivity index (χ2n) is 48.6. The smallest absolute Gasteiger partial charge is 0.302 e. The fourth-order valence-corrected chi connectivity index (χ4v) is 23.0. The number of aliphatic hydroxyl groups excluding tert-OH is 3. The minimum Gasteiger partial charge on any atom is -0.497 e. The highest BCUT2D eigenvalue weighted by molar-refractivity contribution is 5.79. The number of nitrogens with zero attached hydrogens (tertiary/aromatic N) is 2. The highest BCUT2D eigenvalue weighted by Crippen LogP contribution is 2.45. The average Bonchev–Trinajstić information content (AvgIpc) is 1.39. The Kier molecular flexibility index (Phi) is 65.3. The van der Waals surface area contributed by atoms with Gasteiger partial charge in [0.2, 0.25) is 0 Å². The minimum atomic E-state index is -0.888. The first-order valence-corrected chi connectivity index (χ1v) is 60.0. The van der Waals surface area contributed by atoms with Gasteiger partial charge in [-0.2, -0.15) is 0 Å². The van der Waals surface area contributed by atoms with Crippen molar-refractivity contribution in [2.45, 2.75) is 536 Å². The molecule has 0 saturated carbocycles. The first-order chi connectivity index (χ1) is 70.4. The van der Waals surface area contributed by atoms with Crippen molar-refractivity contribution in [3.05, 3.63) is 95.6 Å². The van der Waals surface area contributed by atoms with Crippen molar-refractivity contribution >= 4 is 23.5 Å². The monoisotopic (exact) mass is 2060 g/mol. The second-order valence-corrected chi connectivity index (χ2v) is 48.6. The number of carbonyl (C=O) groups is 4. The summed E-state index contributed by atoms with van der Waals surface area (Å²) in [6, 6.07) is 27.0. The summed E-state index contributed by atoms with van der Waals surface area (Å²) in [6.07, 6.45) is 59.4. The van der Waals surface area contributed by atoms with Crippen LogP contribution in [0.4, 0.5) is 0 Å². The van der Waals surface area contributed by atoms with Gasteiger partial charge in [-0.15, -0.1) is 0 Å². The van der Waals surface area contributed by atoms with Crippen LogP contribution in [-0.4, -0.2) is 214 Å². The van der Waals surface area contributed by atoms with Crippen molar-refractivity contribution in [3.8, 4) is 11.5 Å². The maximum Gasteiger partial charge on any atom is 0.302 e. The van der Waals surface area contributed by atoms with Crippen molar-refractivity contribution in [2.24, 2.45) is 46.3 Å². The number of methoxy groups -OCH3 is 2. The van der Waals surface area contributed by atoms with E-state index < -0.39 is 5.60 Å². The van der Waals surface area contributed by atoms with E-state index in [-0.39, 0.29) is 101 Å². The van der Waals surface area contributed by atoms with Gasteiger partial charge in [-0.3, -0.25) is 29.0 Å². The lowest BCUT2D eigenvalue weighted by molar-refractivity contribution is -0.170. The van der Waals surface area contributed by atoms with Crippen molar-refractivity contribution in [1.29, 1.82) is 0 Å². The van der Waals surface area contributed by atoms with Crippen LogP contribution >= 0.6 is 0 Å². The molecule has 12 unspecified atom stereocenters. The Bertz CT molecular complexity index is 3800. The predicted molar refractivity (Wildman–Crippen MR) is 602 cm³/mol. The molecule has 20 heteroatoms. The molecule has 4 fully saturated rings. The van der Waals surface area contributed by atoms with E-state index in [9.17, 15) is 34.5 Å². The van der Waals surface area contributed by atoms with Crippen molar-refractivity contribution < 1.29 is 86.6 Å². The molecule has 16 atom stereocenters. The molecule has 3 aromatic rings. The number of aliphatic hydroxyl groups is 3. The number of ketones is 2. The first kappa shape index (κ1) is 131. The number of Topliss-reactive ketones (excluding diaryl/α,β-unsaturated/α-hetero) is 2. The number of β-amino-alcohol motifs (C(OH)–C–C–N with tert-alkyl or cyclic N) is 2. The average molecular weight is 2060 g/mol. The fraction of sp³-hybridized carbons (Fsp3) is 0.827. The zero-order valence-corrected chi connectivity index (χ0v) is 97.4. The molecule has 846 valence electrons. The van der Waals surface area contributed by atoms with Crippen LogP contribution in [0.25, 0.3) is 0 Å². The molecular formula is C127H220N2O18. The van der Waals surface area contributed by atoms with Gasteiger partial charge in [-0.05, 0) is 223 Å². The number of hydrogen-bond acceptors (Lipinski definition) is 20. The third kappa shape index (κ3) is 52.9. The quantitative estimate of drug-likeness (QED) is 0.0270. The largest absolute Gasteiger partial charge is 0.497 e. The highest BCUT2D eigenvalue weighted by Gasteiger charge is 2.45. The summed E-state index contributed by atoms with van der Waals surface area (Å²) in [7, 11) is 3.37. The molecule has 0 radical (unpaired) electrons. The number of unbranched alkanes of at least 4 members (excludes halogenated alkanes) is 38. The van der Waals surface area contributed by atoms with Crippen LogP contribution in [0.15, 0.2) is 78.9 Å². The van der Waals surface area contributed by atoms with Crippen LogP contribution in [0.5, 0.6) is 11.5 Å². The molecule has 7 rings (SSSR count). The molecule has 0 bridgehead atoms. The summed E-state index contributed by atoms with van der Waals surface area (Å²) < 4.78 is 67.4. The highest BCUT2D eigenvalue weighted by atomic mass is 16.6. The summed E-state index contributed by atoms with van der Waals surface area (Å²) in [5, 5.41) is 30.4. The molecule has 4 aliphatic heterocycles. The predicted octanol–water partition coefficient (Wildman–Crippen LogP) is 29.4. The van der Waals surface area contributed by atoms with Crippen molar-refractivity contribution in [2.75, 3.05) is 93.3 Å². The van der Waals surface area contributed by atoms with Gasteiger partial charge in [0, 0.05) is 75.5 Å². The molecule has 4 aliphatic rings. The minimum absolute atomic E-state index is 0.00282. The van der Waals surface area contributed by atoms with Crippen LogP contribution in [0.1, 0.15) is 475 Å². The SMILES string of the molecule is CC(=O)OCC1OC(CCCCCCCCCCCCCCC(COC(C)C)(COC(C)(C)C)CC(=O)CCCCCCCCCCCN2C[C@H](O)C[C@H]2CO)C(C)C(C)C1C.COc1ccc(C(OC[C@@H]2C[C@@H](O)CN2CCCCCCCCCCCC(=O)CC(CCCCCCCCCCCCCCC2OC(COC(C)=O)C(C)C(C)C2C)(COC(C)C)COC(C)(C)C)(c2ccccc2)c2ccc(OC)cc2)cc1. The summed E-state index contributed by atoms with van der Waals surface area (Å²) >= 11 is 0. The lowest BCUT2D eigenvalue weighted by Gasteiger charge is -2.43. The number of likely N-dealkylation sites (tertiary alicyclic amines) is 2. The van der Waals surface area contributed by atoms with Crippen LogP contribution in [0.3, 0.4) is 0 Å². The molecule has 4 heterocycles. The van der Waals surface area contributed by atoms with E-state index in [1.165, 1.54) is 232 Å². The van der Waals surface area contributed by atoms with E-state index in [0.717, 1.165) is 118 Å². The summed E-state index contributed by atoms with van der Waals surface area (Å²) in [5.41, 5.74) is 1.06. The molecule has 20 nitrogen and oxygen atoms in total. The number of carbonyl (C=O) groups excluding carboxylic acids is 4. The fourth-order valence-electron chi connectivity index (χ4n) is 23.0. The maximum absolute atomic E-state index is 13.8. The van der Waals surface area contributed by atoms with Crippen LogP contribution in [0.2, 0.25) is 0 Å². The molecule has 0 aliphatic carbocycles. The molecule has 0 spiro atoms. The van der Waals surface area contributed by atoms with Gasteiger partial charge in [0.15, 0.2) is 0 Å². The Morgan fingerprint density at radius 1 is 0.361 bits per heavy atom. The van der Waals surface area contributed by atoms with E-state index in [0.29, 0.717) is 145 Å².